The summed E-state index contributed by atoms with van der Waals surface area (Å²) in [6.07, 6.45) is 3.26. The smallest absolute Gasteiger partial charge is 0.222 e. The first kappa shape index (κ1) is 11.4. The van der Waals surface area contributed by atoms with Crippen LogP contribution in [0.2, 0.25) is 5.28 Å². The molecule has 16 heavy (non-hydrogen) atoms. The van der Waals surface area contributed by atoms with Gasteiger partial charge in [-0.15, -0.1) is 0 Å². The van der Waals surface area contributed by atoms with Crippen LogP contribution in [0.3, 0.4) is 0 Å². The van der Waals surface area contributed by atoms with Crippen molar-refractivity contribution in [1.82, 2.24) is 15.0 Å². The van der Waals surface area contributed by atoms with Crippen LogP contribution in [0.4, 0.5) is 0 Å². The van der Waals surface area contributed by atoms with Crippen molar-refractivity contribution in [2.45, 2.75) is 6.04 Å². The van der Waals surface area contributed by atoms with E-state index < -0.39 is 6.04 Å². The Morgan fingerprint density at radius 2 is 2.12 bits per heavy atom. The fourth-order valence-corrected chi connectivity index (χ4v) is 1.85. The Hall–Kier alpha value is -1.04. The van der Waals surface area contributed by atoms with E-state index in [2.05, 4.69) is 30.9 Å². The molecule has 2 N–H and O–H groups in total. The van der Waals surface area contributed by atoms with Crippen LogP contribution in [0.1, 0.15) is 17.4 Å². The number of rotatable bonds is 2. The Balaban J connectivity index is 2.41. The molecular weight excluding hydrogens is 291 g/mol. The van der Waals surface area contributed by atoms with Crippen LogP contribution in [0.15, 0.2) is 35.1 Å². The standard InChI is InChI=1S/C10H8BrClN4/c11-6-5-15-10(12)16-9(6)8(13)7-3-1-2-4-14-7/h1-5,8H,13H2. The maximum atomic E-state index is 6.04. The van der Waals surface area contributed by atoms with Crippen LogP contribution in [0.25, 0.3) is 0 Å². The van der Waals surface area contributed by atoms with Gasteiger partial charge >= 0.3 is 0 Å². The molecule has 0 saturated heterocycles. The topological polar surface area (TPSA) is 64.7 Å². The minimum absolute atomic E-state index is 0.171. The van der Waals surface area contributed by atoms with E-state index in [1.165, 1.54) is 0 Å². The van der Waals surface area contributed by atoms with Crippen molar-refractivity contribution in [2.24, 2.45) is 5.73 Å². The Kier molecular flexibility index (Phi) is 3.48. The summed E-state index contributed by atoms with van der Waals surface area (Å²) in [6.45, 7) is 0. The molecule has 0 spiro atoms. The molecule has 6 heteroatoms. The van der Waals surface area contributed by atoms with Crippen molar-refractivity contribution in [3.63, 3.8) is 0 Å². The van der Waals surface area contributed by atoms with Gasteiger partial charge in [-0.2, -0.15) is 0 Å². The van der Waals surface area contributed by atoms with Gasteiger partial charge in [-0.25, -0.2) is 9.97 Å². The molecule has 0 aromatic carbocycles. The number of nitrogens with zero attached hydrogens (tertiary/aromatic N) is 3. The Labute approximate surface area is 106 Å². The van der Waals surface area contributed by atoms with Gasteiger partial charge in [0, 0.05) is 12.4 Å². The van der Waals surface area contributed by atoms with Gasteiger partial charge in [0.2, 0.25) is 5.28 Å². The van der Waals surface area contributed by atoms with E-state index in [0.717, 1.165) is 10.2 Å². The third kappa shape index (κ3) is 2.37. The SMILES string of the molecule is NC(c1ccccn1)c1nc(Cl)ncc1Br. The maximum Gasteiger partial charge on any atom is 0.222 e. The first-order valence-corrected chi connectivity index (χ1v) is 5.70. The fourth-order valence-electron chi connectivity index (χ4n) is 1.28. The molecule has 2 heterocycles. The quantitative estimate of drug-likeness (QED) is 0.865. The summed E-state index contributed by atoms with van der Waals surface area (Å²) >= 11 is 9.07. The van der Waals surface area contributed by atoms with Gasteiger partial charge in [0.25, 0.3) is 0 Å². The van der Waals surface area contributed by atoms with E-state index in [-0.39, 0.29) is 5.28 Å². The summed E-state index contributed by atoms with van der Waals surface area (Å²) in [7, 11) is 0. The predicted octanol–water partition coefficient (Wildman–Crippen LogP) is 2.34. The second kappa shape index (κ2) is 4.86. The molecule has 0 aliphatic carbocycles. The first-order valence-electron chi connectivity index (χ1n) is 4.53. The lowest BCUT2D eigenvalue weighted by atomic mass is 10.1. The zero-order valence-electron chi connectivity index (χ0n) is 8.14. The van der Waals surface area contributed by atoms with Crippen molar-refractivity contribution in [1.29, 1.82) is 0 Å². The lowest BCUT2D eigenvalue weighted by Gasteiger charge is -2.11. The highest BCUT2D eigenvalue weighted by atomic mass is 79.9. The number of halogens is 2. The summed E-state index contributed by atoms with van der Waals surface area (Å²) in [5, 5.41) is 0.171. The molecule has 0 aliphatic rings. The normalized spacial score (nSPS) is 12.4. The molecule has 4 nitrogen and oxygen atoms in total. The largest absolute Gasteiger partial charge is 0.318 e. The minimum atomic E-state index is -0.420. The number of hydrogen-bond donors (Lipinski definition) is 1. The molecule has 0 fully saturated rings. The van der Waals surface area contributed by atoms with E-state index in [0.29, 0.717) is 5.69 Å². The molecular formula is C10H8BrClN4. The zero-order chi connectivity index (χ0) is 11.5. The molecule has 0 amide bonds. The van der Waals surface area contributed by atoms with Gasteiger partial charge in [0.1, 0.15) is 0 Å². The van der Waals surface area contributed by atoms with Crippen LogP contribution in [0, 0.1) is 0 Å². The zero-order valence-corrected chi connectivity index (χ0v) is 10.5. The van der Waals surface area contributed by atoms with Crippen LogP contribution in [0.5, 0.6) is 0 Å². The van der Waals surface area contributed by atoms with E-state index in [1.807, 2.05) is 18.2 Å². The molecule has 0 aliphatic heterocycles. The summed E-state index contributed by atoms with van der Waals surface area (Å²) in [5.74, 6) is 0. The number of nitrogens with two attached hydrogens (primary N) is 1. The summed E-state index contributed by atoms with van der Waals surface area (Å²) < 4.78 is 0.718. The van der Waals surface area contributed by atoms with Gasteiger partial charge in [-0.05, 0) is 39.7 Å². The molecule has 1 unspecified atom stereocenters. The molecule has 82 valence electrons. The van der Waals surface area contributed by atoms with Gasteiger partial charge in [-0.3, -0.25) is 4.98 Å². The van der Waals surface area contributed by atoms with E-state index >= 15 is 0 Å². The fraction of sp³-hybridized carbons (Fsp3) is 0.100. The highest BCUT2D eigenvalue weighted by molar-refractivity contribution is 9.10. The minimum Gasteiger partial charge on any atom is -0.318 e. The third-order valence-corrected chi connectivity index (χ3v) is 2.84. The second-order valence-electron chi connectivity index (χ2n) is 3.10. The lowest BCUT2D eigenvalue weighted by molar-refractivity contribution is 0.782. The van der Waals surface area contributed by atoms with E-state index in [9.17, 15) is 0 Å². The Morgan fingerprint density at radius 1 is 1.31 bits per heavy atom. The molecule has 0 saturated carbocycles. The van der Waals surface area contributed by atoms with Crippen molar-refractivity contribution in [3.8, 4) is 0 Å². The molecule has 0 bridgehead atoms. The molecule has 2 rings (SSSR count). The lowest BCUT2D eigenvalue weighted by Crippen LogP contribution is -2.16. The van der Waals surface area contributed by atoms with Crippen LogP contribution in [-0.2, 0) is 0 Å². The maximum absolute atomic E-state index is 6.04. The highest BCUT2D eigenvalue weighted by Crippen LogP contribution is 2.24. The van der Waals surface area contributed by atoms with Gasteiger partial charge in [0.05, 0.1) is 21.9 Å². The van der Waals surface area contributed by atoms with Gasteiger partial charge in [0.15, 0.2) is 0 Å². The molecule has 1 atom stereocenters. The second-order valence-corrected chi connectivity index (χ2v) is 4.30. The van der Waals surface area contributed by atoms with Crippen LogP contribution in [-0.4, -0.2) is 15.0 Å². The summed E-state index contributed by atoms with van der Waals surface area (Å²) in [5.41, 5.74) is 7.40. The Morgan fingerprint density at radius 3 is 2.81 bits per heavy atom. The average molecular weight is 300 g/mol. The van der Waals surface area contributed by atoms with Crippen molar-refractivity contribution in [2.75, 3.05) is 0 Å². The molecule has 2 aromatic rings. The van der Waals surface area contributed by atoms with E-state index in [4.69, 9.17) is 17.3 Å². The summed E-state index contributed by atoms with van der Waals surface area (Å²) in [4.78, 5) is 12.1. The molecule has 2 aromatic heterocycles. The number of pyridine rings is 1. The first-order chi connectivity index (χ1) is 7.68. The summed E-state index contributed by atoms with van der Waals surface area (Å²) in [6, 6.07) is 5.13. The van der Waals surface area contributed by atoms with Crippen molar-refractivity contribution in [3.05, 3.63) is 51.7 Å². The van der Waals surface area contributed by atoms with Crippen LogP contribution < -0.4 is 5.73 Å². The number of aromatic nitrogens is 3. The van der Waals surface area contributed by atoms with Crippen molar-refractivity contribution >= 4 is 27.5 Å². The van der Waals surface area contributed by atoms with Gasteiger partial charge < -0.3 is 5.73 Å². The predicted molar refractivity (Wildman–Crippen MR) is 65.0 cm³/mol. The Bertz CT molecular complexity index is 491. The number of hydrogen-bond acceptors (Lipinski definition) is 4. The average Bonchev–Trinajstić information content (AvgIpc) is 2.32. The van der Waals surface area contributed by atoms with Crippen LogP contribution >= 0.6 is 27.5 Å². The monoisotopic (exact) mass is 298 g/mol. The van der Waals surface area contributed by atoms with Crippen molar-refractivity contribution < 1.29 is 0 Å². The third-order valence-electron chi connectivity index (χ3n) is 2.04. The highest BCUT2D eigenvalue weighted by Gasteiger charge is 2.15. The van der Waals surface area contributed by atoms with Gasteiger partial charge in [-0.1, -0.05) is 6.07 Å². The molecule has 0 radical (unpaired) electrons. The van der Waals surface area contributed by atoms with E-state index in [1.54, 1.807) is 12.4 Å².